The number of amides is 1. The minimum atomic E-state index is 0.0453. The fraction of sp³-hybridized carbons (Fsp3) is 0.222. The highest BCUT2D eigenvalue weighted by Crippen LogP contribution is 2.30. The Morgan fingerprint density at radius 1 is 1.09 bits per heavy atom. The Labute approximate surface area is 134 Å². The van der Waals surface area contributed by atoms with Gasteiger partial charge < -0.3 is 4.90 Å². The van der Waals surface area contributed by atoms with Gasteiger partial charge in [-0.15, -0.1) is 0 Å². The molecule has 0 radical (unpaired) electrons. The fourth-order valence-corrected chi connectivity index (χ4v) is 2.70. The van der Waals surface area contributed by atoms with Gasteiger partial charge in [0, 0.05) is 42.9 Å². The second kappa shape index (κ2) is 5.76. The Morgan fingerprint density at radius 2 is 1.91 bits per heavy atom. The zero-order chi connectivity index (χ0) is 15.6. The number of hydrogen-bond acceptors (Lipinski definition) is 4. The summed E-state index contributed by atoms with van der Waals surface area (Å²) in [5, 5.41) is 0. The molecule has 3 aromatic rings. The van der Waals surface area contributed by atoms with Gasteiger partial charge in [0.2, 0.25) is 0 Å². The van der Waals surface area contributed by atoms with Gasteiger partial charge in [-0.3, -0.25) is 19.7 Å². The third-order valence-electron chi connectivity index (χ3n) is 4.04. The van der Waals surface area contributed by atoms with Crippen LogP contribution >= 0.6 is 0 Å². The number of rotatable bonds is 4. The molecule has 0 atom stereocenters. The Morgan fingerprint density at radius 3 is 2.65 bits per heavy atom. The van der Waals surface area contributed by atoms with E-state index >= 15 is 0 Å². The molecule has 0 N–H and O–H groups in total. The smallest absolute Gasteiger partial charge is 0.254 e. The number of nitrogens with zero attached hydrogens (tertiary/aromatic N) is 4. The minimum Gasteiger partial charge on any atom is -0.331 e. The van der Waals surface area contributed by atoms with Gasteiger partial charge in [-0.2, -0.15) is 0 Å². The third-order valence-corrected chi connectivity index (χ3v) is 4.04. The van der Waals surface area contributed by atoms with Gasteiger partial charge in [-0.25, -0.2) is 0 Å². The van der Waals surface area contributed by atoms with E-state index in [1.54, 1.807) is 18.6 Å². The van der Waals surface area contributed by atoms with Crippen LogP contribution in [0.4, 0.5) is 0 Å². The average Bonchev–Trinajstić information content (AvgIpc) is 3.44. The average molecular weight is 304 g/mol. The molecule has 114 valence electrons. The van der Waals surface area contributed by atoms with Crippen LogP contribution in [-0.4, -0.2) is 31.8 Å². The molecule has 0 spiro atoms. The van der Waals surface area contributed by atoms with Crippen molar-refractivity contribution < 1.29 is 4.79 Å². The first-order valence-corrected chi connectivity index (χ1v) is 7.72. The van der Waals surface area contributed by atoms with E-state index in [9.17, 15) is 4.79 Å². The molecule has 1 aromatic carbocycles. The minimum absolute atomic E-state index is 0.0453. The summed E-state index contributed by atoms with van der Waals surface area (Å²) in [5.41, 5.74) is 3.26. The Bertz CT molecular complexity index is 846. The molecule has 0 saturated heterocycles. The van der Waals surface area contributed by atoms with Crippen LogP contribution in [0.2, 0.25) is 0 Å². The SMILES string of the molecule is O=C(c1ccc2nccnc2c1)N(Cc1cccnc1)C1CC1. The Hall–Kier alpha value is -2.82. The number of pyridine rings is 1. The highest BCUT2D eigenvalue weighted by atomic mass is 16.2. The fourth-order valence-electron chi connectivity index (χ4n) is 2.70. The van der Waals surface area contributed by atoms with Gasteiger partial charge in [0.25, 0.3) is 5.91 Å². The standard InChI is InChI=1S/C18H16N4O/c23-18(14-3-6-16-17(10-14)21-9-8-20-16)22(15-4-5-15)12-13-2-1-7-19-11-13/h1-3,6-11,15H,4-5,12H2. The molecule has 0 unspecified atom stereocenters. The van der Waals surface area contributed by atoms with Crippen LogP contribution in [0.5, 0.6) is 0 Å². The van der Waals surface area contributed by atoms with E-state index < -0.39 is 0 Å². The number of carbonyl (C=O) groups excluding carboxylic acids is 1. The van der Waals surface area contributed by atoms with E-state index in [1.165, 1.54) is 0 Å². The summed E-state index contributed by atoms with van der Waals surface area (Å²) < 4.78 is 0. The van der Waals surface area contributed by atoms with Gasteiger partial charge in [-0.05, 0) is 42.7 Å². The molecule has 1 saturated carbocycles. The van der Waals surface area contributed by atoms with Crippen LogP contribution in [0.15, 0.2) is 55.1 Å². The largest absolute Gasteiger partial charge is 0.331 e. The second-order valence-electron chi connectivity index (χ2n) is 5.79. The predicted octanol–water partition coefficient (Wildman–Crippen LogP) is 2.83. The van der Waals surface area contributed by atoms with E-state index in [1.807, 2.05) is 41.4 Å². The van der Waals surface area contributed by atoms with Crippen molar-refractivity contribution in [3.63, 3.8) is 0 Å². The second-order valence-corrected chi connectivity index (χ2v) is 5.79. The lowest BCUT2D eigenvalue weighted by Crippen LogP contribution is -2.32. The molecule has 1 amide bonds. The number of aromatic nitrogens is 3. The predicted molar refractivity (Wildman–Crippen MR) is 86.7 cm³/mol. The van der Waals surface area contributed by atoms with Gasteiger partial charge in [0.15, 0.2) is 0 Å². The first kappa shape index (κ1) is 13.8. The van der Waals surface area contributed by atoms with Crippen molar-refractivity contribution >= 4 is 16.9 Å². The molecule has 4 rings (SSSR count). The number of hydrogen-bond donors (Lipinski definition) is 0. The lowest BCUT2D eigenvalue weighted by molar-refractivity contribution is 0.0730. The highest BCUT2D eigenvalue weighted by Gasteiger charge is 2.33. The van der Waals surface area contributed by atoms with Crippen molar-refractivity contribution in [2.45, 2.75) is 25.4 Å². The number of carbonyl (C=O) groups is 1. The van der Waals surface area contributed by atoms with Crippen molar-refractivity contribution in [1.82, 2.24) is 19.9 Å². The van der Waals surface area contributed by atoms with Crippen LogP contribution < -0.4 is 0 Å². The van der Waals surface area contributed by atoms with Crippen LogP contribution in [0, 0.1) is 0 Å². The van der Waals surface area contributed by atoms with E-state index in [4.69, 9.17) is 0 Å². The van der Waals surface area contributed by atoms with E-state index in [0.29, 0.717) is 18.2 Å². The zero-order valence-corrected chi connectivity index (χ0v) is 12.6. The van der Waals surface area contributed by atoms with Crippen LogP contribution in [0.3, 0.4) is 0 Å². The van der Waals surface area contributed by atoms with Gasteiger partial charge in [0.1, 0.15) is 0 Å². The summed E-state index contributed by atoms with van der Waals surface area (Å²) in [7, 11) is 0. The summed E-state index contributed by atoms with van der Waals surface area (Å²) >= 11 is 0. The summed E-state index contributed by atoms with van der Waals surface area (Å²) in [5.74, 6) is 0.0453. The van der Waals surface area contributed by atoms with Gasteiger partial charge in [-0.1, -0.05) is 6.07 Å². The summed E-state index contributed by atoms with van der Waals surface area (Å²) in [6.07, 6.45) is 9.00. The number of fused-ring (bicyclic) bond motifs is 1. The summed E-state index contributed by atoms with van der Waals surface area (Å²) in [6, 6.07) is 9.74. The molecule has 2 heterocycles. The van der Waals surface area contributed by atoms with Crippen molar-refractivity contribution in [2.24, 2.45) is 0 Å². The molecular weight excluding hydrogens is 288 g/mol. The highest BCUT2D eigenvalue weighted by molar-refractivity contribution is 5.97. The topological polar surface area (TPSA) is 59.0 Å². The monoisotopic (exact) mass is 304 g/mol. The van der Waals surface area contributed by atoms with Crippen LogP contribution in [0.1, 0.15) is 28.8 Å². The van der Waals surface area contributed by atoms with E-state index in [0.717, 1.165) is 29.4 Å². The molecular formula is C18H16N4O. The van der Waals surface area contributed by atoms with Crippen molar-refractivity contribution in [3.05, 3.63) is 66.2 Å². The van der Waals surface area contributed by atoms with Gasteiger partial charge in [0.05, 0.1) is 11.0 Å². The van der Waals surface area contributed by atoms with Gasteiger partial charge >= 0.3 is 0 Å². The summed E-state index contributed by atoms with van der Waals surface area (Å²) in [6.45, 7) is 0.593. The first-order chi connectivity index (χ1) is 11.3. The lowest BCUT2D eigenvalue weighted by atomic mass is 10.1. The first-order valence-electron chi connectivity index (χ1n) is 7.72. The normalized spacial score (nSPS) is 13.9. The Balaban J connectivity index is 1.63. The molecule has 5 heteroatoms. The van der Waals surface area contributed by atoms with Crippen LogP contribution in [-0.2, 0) is 6.54 Å². The van der Waals surface area contributed by atoms with Crippen LogP contribution in [0.25, 0.3) is 11.0 Å². The molecule has 23 heavy (non-hydrogen) atoms. The maximum absolute atomic E-state index is 12.9. The molecule has 0 aliphatic heterocycles. The maximum Gasteiger partial charge on any atom is 0.254 e. The zero-order valence-electron chi connectivity index (χ0n) is 12.6. The van der Waals surface area contributed by atoms with Crippen molar-refractivity contribution in [1.29, 1.82) is 0 Å². The Kier molecular flexibility index (Phi) is 3.46. The number of benzene rings is 1. The molecule has 1 aliphatic rings. The maximum atomic E-state index is 12.9. The molecule has 5 nitrogen and oxygen atoms in total. The molecule has 1 aliphatic carbocycles. The molecule has 2 aromatic heterocycles. The third kappa shape index (κ3) is 2.90. The van der Waals surface area contributed by atoms with E-state index in [-0.39, 0.29) is 5.91 Å². The van der Waals surface area contributed by atoms with E-state index in [2.05, 4.69) is 15.0 Å². The summed E-state index contributed by atoms with van der Waals surface area (Å²) in [4.78, 5) is 27.5. The molecule has 1 fully saturated rings. The quantitative estimate of drug-likeness (QED) is 0.743. The lowest BCUT2D eigenvalue weighted by Gasteiger charge is -2.22. The van der Waals surface area contributed by atoms with Crippen molar-refractivity contribution in [3.8, 4) is 0 Å². The van der Waals surface area contributed by atoms with Crippen molar-refractivity contribution in [2.75, 3.05) is 0 Å². The molecule has 0 bridgehead atoms.